The first-order chi connectivity index (χ1) is 13.6. The third-order valence-electron chi connectivity index (χ3n) is 5.32. The van der Waals surface area contributed by atoms with Crippen LogP contribution >= 0.6 is 0 Å². The average molecular weight is 375 g/mol. The molecule has 0 radical (unpaired) electrons. The summed E-state index contributed by atoms with van der Waals surface area (Å²) in [6, 6.07) is 22.4. The summed E-state index contributed by atoms with van der Waals surface area (Å²) in [5, 5.41) is 7.88. The Balaban J connectivity index is 1.56. The van der Waals surface area contributed by atoms with E-state index in [0.717, 1.165) is 24.2 Å². The van der Waals surface area contributed by atoms with Gasteiger partial charge in [0.25, 0.3) is 5.91 Å². The molecule has 1 aliphatic rings. The molecule has 0 saturated heterocycles. The van der Waals surface area contributed by atoms with Crippen molar-refractivity contribution in [3.05, 3.63) is 83.7 Å². The van der Waals surface area contributed by atoms with Crippen LogP contribution in [0.25, 0.3) is 5.69 Å². The van der Waals surface area contributed by atoms with E-state index in [4.69, 9.17) is 5.10 Å². The van der Waals surface area contributed by atoms with Crippen molar-refractivity contribution in [3.8, 4) is 5.69 Å². The summed E-state index contributed by atoms with van der Waals surface area (Å²) >= 11 is 0. The van der Waals surface area contributed by atoms with Gasteiger partial charge < -0.3 is 10.2 Å². The van der Waals surface area contributed by atoms with E-state index in [2.05, 4.69) is 31.5 Å². The van der Waals surface area contributed by atoms with Gasteiger partial charge in [0.2, 0.25) is 0 Å². The summed E-state index contributed by atoms with van der Waals surface area (Å²) in [5.74, 6) is 0.422. The molecule has 5 heteroatoms. The molecule has 2 N–H and O–H groups in total. The first-order valence-corrected chi connectivity index (χ1v) is 9.92. The Hall–Kier alpha value is -2.92. The molecular formula is C23H27N4O+. The van der Waals surface area contributed by atoms with Gasteiger partial charge in [-0.2, -0.15) is 5.10 Å². The Bertz CT molecular complexity index is 930. The highest BCUT2D eigenvalue weighted by Crippen LogP contribution is 2.39. The van der Waals surface area contributed by atoms with Gasteiger partial charge in [0.15, 0.2) is 0 Å². The monoisotopic (exact) mass is 375 g/mol. The van der Waals surface area contributed by atoms with Crippen molar-refractivity contribution in [3.63, 3.8) is 0 Å². The molecule has 1 amide bonds. The fourth-order valence-electron chi connectivity index (χ4n) is 3.53. The SMILES string of the molecule is C[NH+](C)[C@@H](CNC(=O)c1cc(C2CC2)nn1-c1ccccc1)c1ccccc1. The lowest BCUT2D eigenvalue weighted by Crippen LogP contribution is -3.07. The van der Waals surface area contributed by atoms with Gasteiger partial charge in [-0.1, -0.05) is 48.5 Å². The van der Waals surface area contributed by atoms with Crippen LogP contribution in [0.3, 0.4) is 0 Å². The largest absolute Gasteiger partial charge is 0.344 e. The molecule has 5 nitrogen and oxygen atoms in total. The number of nitrogens with one attached hydrogen (secondary N) is 2. The van der Waals surface area contributed by atoms with Gasteiger partial charge in [-0.3, -0.25) is 4.79 Å². The van der Waals surface area contributed by atoms with Crippen molar-refractivity contribution in [1.29, 1.82) is 0 Å². The van der Waals surface area contributed by atoms with Crippen LogP contribution in [0.5, 0.6) is 0 Å². The maximum Gasteiger partial charge on any atom is 0.270 e. The standard InChI is InChI=1S/C23H26N4O/c1-26(2)22(18-9-5-3-6-10-18)16-24-23(28)21-15-20(17-13-14-17)25-27(21)19-11-7-4-8-12-19/h3-12,15,17,22H,13-14,16H2,1-2H3,(H,24,28)/p+1/t22-/m0/s1. The highest BCUT2D eigenvalue weighted by Gasteiger charge is 2.29. The Morgan fingerprint density at radius 3 is 2.36 bits per heavy atom. The van der Waals surface area contributed by atoms with Crippen LogP contribution < -0.4 is 10.2 Å². The lowest BCUT2D eigenvalue weighted by atomic mass is 10.1. The van der Waals surface area contributed by atoms with Gasteiger partial charge in [0.05, 0.1) is 32.0 Å². The summed E-state index contributed by atoms with van der Waals surface area (Å²) in [6.45, 7) is 0.573. The molecule has 1 heterocycles. The van der Waals surface area contributed by atoms with Crippen molar-refractivity contribution < 1.29 is 9.69 Å². The average Bonchev–Trinajstić information content (AvgIpc) is 3.47. The molecule has 2 aromatic carbocycles. The Kier molecular flexibility index (Phi) is 5.26. The summed E-state index contributed by atoms with van der Waals surface area (Å²) in [7, 11) is 4.23. The van der Waals surface area contributed by atoms with Crippen LogP contribution in [0.4, 0.5) is 0 Å². The van der Waals surface area contributed by atoms with Crippen molar-refractivity contribution in [2.45, 2.75) is 24.8 Å². The molecule has 144 valence electrons. The molecule has 0 unspecified atom stereocenters. The number of quaternary nitrogens is 1. The molecule has 3 aromatic rings. The van der Waals surface area contributed by atoms with Crippen LogP contribution in [0.2, 0.25) is 0 Å². The van der Waals surface area contributed by atoms with Gasteiger partial charge in [-0.25, -0.2) is 4.68 Å². The first kappa shape index (κ1) is 18.4. The first-order valence-electron chi connectivity index (χ1n) is 9.92. The topological polar surface area (TPSA) is 51.4 Å². The maximum absolute atomic E-state index is 13.1. The number of likely N-dealkylation sites (N-methyl/N-ethyl adjacent to an activating group) is 1. The van der Waals surface area contributed by atoms with Crippen LogP contribution in [0.15, 0.2) is 66.7 Å². The Morgan fingerprint density at radius 2 is 1.75 bits per heavy atom. The van der Waals surface area contributed by atoms with E-state index in [-0.39, 0.29) is 11.9 Å². The normalized spacial score (nSPS) is 14.8. The minimum atomic E-state index is -0.0783. The number of para-hydroxylation sites is 1. The number of hydrogen-bond donors (Lipinski definition) is 2. The zero-order chi connectivity index (χ0) is 19.5. The van der Waals surface area contributed by atoms with E-state index in [1.807, 2.05) is 54.6 Å². The fourth-order valence-corrected chi connectivity index (χ4v) is 3.53. The highest BCUT2D eigenvalue weighted by molar-refractivity contribution is 5.93. The molecule has 4 rings (SSSR count). The number of aromatic nitrogens is 2. The van der Waals surface area contributed by atoms with Crippen molar-refractivity contribution in [1.82, 2.24) is 15.1 Å². The molecule has 1 aliphatic carbocycles. The van der Waals surface area contributed by atoms with Gasteiger partial charge in [-0.15, -0.1) is 0 Å². The number of amides is 1. The lowest BCUT2D eigenvalue weighted by molar-refractivity contribution is -0.890. The summed E-state index contributed by atoms with van der Waals surface area (Å²) in [4.78, 5) is 14.4. The zero-order valence-electron chi connectivity index (χ0n) is 16.4. The van der Waals surface area contributed by atoms with Crippen molar-refractivity contribution >= 4 is 5.91 Å². The van der Waals surface area contributed by atoms with Crippen molar-refractivity contribution in [2.75, 3.05) is 20.6 Å². The lowest BCUT2D eigenvalue weighted by Gasteiger charge is -2.22. The van der Waals surface area contributed by atoms with E-state index < -0.39 is 0 Å². The molecule has 28 heavy (non-hydrogen) atoms. The molecule has 0 bridgehead atoms. The van der Waals surface area contributed by atoms with Crippen LogP contribution in [0, 0.1) is 0 Å². The number of benzene rings is 2. The minimum Gasteiger partial charge on any atom is -0.344 e. The molecule has 0 aliphatic heterocycles. The number of rotatable bonds is 7. The quantitative estimate of drug-likeness (QED) is 0.666. The van der Waals surface area contributed by atoms with Gasteiger partial charge in [0, 0.05) is 11.5 Å². The van der Waals surface area contributed by atoms with E-state index in [9.17, 15) is 4.79 Å². The van der Waals surface area contributed by atoms with E-state index in [0.29, 0.717) is 18.2 Å². The predicted octanol–water partition coefficient (Wildman–Crippen LogP) is 2.37. The molecule has 1 fully saturated rings. The smallest absolute Gasteiger partial charge is 0.270 e. The second kappa shape index (κ2) is 7.98. The highest BCUT2D eigenvalue weighted by atomic mass is 16.2. The maximum atomic E-state index is 13.1. The van der Waals surface area contributed by atoms with E-state index in [1.54, 1.807) is 4.68 Å². The predicted molar refractivity (Wildman–Crippen MR) is 110 cm³/mol. The van der Waals surface area contributed by atoms with Crippen molar-refractivity contribution in [2.24, 2.45) is 0 Å². The molecule has 1 atom stereocenters. The minimum absolute atomic E-state index is 0.0783. The molecular weight excluding hydrogens is 348 g/mol. The third-order valence-corrected chi connectivity index (χ3v) is 5.32. The second-order valence-corrected chi connectivity index (χ2v) is 7.73. The molecule has 1 saturated carbocycles. The van der Waals surface area contributed by atoms with E-state index >= 15 is 0 Å². The number of carbonyl (C=O) groups excluding carboxylic acids is 1. The summed E-state index contributed by atoms with van der Waals surface area (Å²) in [5.41, 5.74) is 3.76. The number of hydrogen-bond acceptors (Lipinski definition) is 2. The van der Waals surface area contributed by atoms with Gasteiger partial charge >= 0.3 is 0 Å². The Morgan fingerprint density at radius 1 is 1.11 bits per heavy atom. The Labute approximate surface area is 166 Å². The number of nitrogens with zero attached hydrogens (tertiary/aromatic N) is 2. The summed E-state index contributed by atoms with van der Waals surface area (Å²) < 4.78 is 1.78. The summed E-state index contributed by atoms with van der Waals surface area (Å²) in [6.07, 6.45) is 2.32. The van der Waals surface area contributed by atoms with Crippen LogP contribution in [-0.4, -0.2) is 36.3 Å². The van der Waals surface area contributed by atoms with Gasteiger partial charge in [0.1, 0.15) is 11.7 Å². The van der Waals surface area contributed by atoms with Crippen LogP contribution in [-0.2, 0) is 0 Å². The molecule has 0 spiro atoms. The number of carbonyl (C=O) groups is 1. The molecule has 1 aromatic heterocycles. The van der Waals surface area contributed by atoms with Gasteiger partial charge in [-0.05, 0) is 31.0 Å². The third kappa shape index (κ3) is 3.99. The zero-order valence-corrected chi connectivity index (χ0v) is 16.4. The fraction of sp³-hybridized carbons (Fsp3) is 0.304. The van der Waals surface area contributed by atoms with Crippen LogP contribution in [0.1, 0.15) is 46.5 Å². The van der Waals surface area contributed by atoms with E-state index in [1.165, 1.54) is 10.5 Å². The second-order valence-electron chi connectivity index (χ2n) is 7.73.